The summed E-state index contributed by atoms with van der Waals surface area (Å²) < 4.78 is 5.15. The summed E-state index contributed by atoms with van der Waals surface area (Å²) in [5, 5.41) is 9.64. The van der Waals surface area contributed by atoms with Crippen LogP contribution in [0.3, 0.4) is 0 Å². The number of carbonyl (C=O) groups excluding carboxylic acids is 1. The maximum absolute atomic E-state index is 11.7. The van der Waals surface area contributed by atoms with Gasteiger partial charge < -0.3 is 15.6 Å². The molecular weight excluding hydrogens is 230 g/mol. The molecule has 0 fully saturated rings. The van der Waals surface area contributed by atoms with Gasteiger partial charge in [-0.05, 0) is 46.5 Å². The number of esters is 1. The van der Waals surface area contributed by atoms with Crippen LogP contribution in [0.1, 0.15) is 47.5 Å². The predicted molar refractivity (Wildman–Crippen MR) is 73.1 cm³/mol. The molecule has 0 aliphatic carbocycles. The van der Waals surface area contributed by atoms with E-state index in [0.717, 1.165) is 0 Å². The van der Waals surface area contributed by atoms with Crippen LogP contribution in [0.5, 0.6) is 0 Å². The molecule has 0 aromatic carbocycles. The molecule has 0 aliphatic rings. The second-order valence-corrected chi connectivity index (χ2v) is 6.49. The first kappa shape index (κ1) is 17.1. The molecule has 4 nitrogen and oxygen atoms in total. The second kappa shape index (κ2) is 6.34. The highest BCUT2D eigenvalue weighted by molar-refractivity contribution is 5.87. The highest BCUT2D eigenvalue weighted by atomic mass is 16.5. The van der Waals surface area contributed by atoms with E-state index in [1.807, 2.05) is 20.8 Å². The number of carbonyl (C=O) groups is 1. The van der Waals surface area contributed by atoms with Crippen molar-refractivity contribution in [2.24, 2.45) is 11.7 Å². The van der Waals surface area contributed by atoms with Gasteiger partial charge in [-0.2, -0.15) is 0 Å². The molecule has 3 N–H and O–H groups in total. The first-order valence-corrected chi connectivity index (χ1v) is 6.27. The van der Waals surface area contributed by atoms with E-state index in [1.165, 1.54) is 0 Å². The van der Waals surface area contributed by atoms with Crippen molar-refractivity contribution in [1.82, 2.24) is 0 Å². The Kier molecular flexibility index (Phi) is 6.04. The average Bonchev–Trinajstić information content (AvgIpc) is 2.08. The molecular formula is C14H27NO3. The standard InChI is InChI=1S/C14H27NO3/c1-10(7-14(5,6)17)9-18-12(16)11(2)8-13(3,4)15/h10,17H,2,7-9,15H2,1,3-6H3. The van der Waals surface area contributed by atoms with E-state index in [4.69, 9.17) is 10.5 Å². The van der Waals surface area contributed by atoms with Crippen LogP contribution < -0.4 is 5.73 Å². The van der Waals surface area contributed by atoms with Gasteiger partial charge in [0, 0.05) is 11.1 Å². The summed E-state index contributed by atoms with van der Waals surface area (Å²) in [6.07, 6.45) is 0.987. The lowest BCUT2D eigenvalue weighted by atomic mass is 9.95. The van der Waals surface area contributed by atoms with Crippen molar-refractivity contribution < 1.29 is 14.6 Å². The summed E-state index contributed by atoms with van der Waals surface area (Å²) in [6.45, 7) is 13.1. The number of nitrogens with two attached hydrogens (primary N) is 1. The van der Waals surface area contributed by atoms with Gasteiger partial charge in [-0.3, -0.25) is 0 Å². The first-order chi connectivity index (χ1) is 7.91. The fourth-order valence-corrected chi connectivity index (χ4v) is 1.85. The lowest BCUT2D eigenvalue weighted by Crippen LogP contribution is -2.33. The Morgan fingerprint density at radius 2 is 1.89 bits per heavy atom. The number of rotatable bonds is 7. The van der Waals surface area contributed by atoms with Gasteiger partial charge in [0.15, 0.2) is 0 Å². The monoisotopic (exact) mass is 257 g/mol. The zero-order chi connectivity index (χ0) is 14.6. The van der Waals surface area contributed by atoms with Gasteiger partial charge in [-0.25, -0.2) is 4.79 Å². The molecule has 0 saturated heterocycles. The Morgan fingerprint density at radius 1 is 1.39 bits per heavy atom. The van der Waals surface area contributed by atoms with Gasteiger partial charge in [0.25, 0.3) is 0 Å². The van der Waals surface area contributed by atoms with Gasteiger partial charge in [0.2, 0.25) is 0 Å². The zero-order valence-corrected chi connectivity index (χ0v) is 12.2. The number of aliphatic hydroxyl groups is 1. The van der Waals surface area contributed by atoms with E-state index >= 15 is 0 Å². The molecule has 0 amide bonds. The minimum atomic E-state index is -0.748. The molecule has 0 aliphatic heterocycles. The highest BCUT2D eigenvalue weighted by Crippen LogP contribution is 2.17. The molecule has 18 heavy (non-hydrogen) atoms. The molecule has 0 heterocycles. The first-order valence-electron chi connectivity index (χ1n) is 6.27. The minimum absolute atomic E-state index is 0.104. The average molecular weight is 257 g/mol. The molecule has 0 saturated carbocycles. The van der Waals surface area contributed by atoms with Crippen LogP contribution >= 0.6 is 0 Å². The summed E-state index contributed by atoms with van der Waals surface area (Å²) in [6, 6.07) is 0. The Morgan fingerprint density at radius 3 is 2.28 bits per heavy atom. The molecule has 0 aromatic rings. The summed E-state index contributed by atoms with van der Waals surface area (Å²) in [5.41, 5.74) is 4.99. The number of ether oxygens (including phenoxy) is 1. The van der Waals surface area contributed by atoms with E-state index in [-0.39, 0.29) is 12.5 Å². The van der Waals surface area contributed by atoms with Crippen molar-refractivity contribution in [3.05, 3.63) is 12.2 Å². The molecule has 0 bridgehead atoms. The maximum Gasteiger partial charge on any atom is 0.333 e. The molecule has 0 radical (unpaired) electrons. The van der Waals surface area contributed by atoms with Crippen molar-refractivity contribution in [3.63, 3.8) is 0 Å². The lowest BCUT2D eigenvalue weighted by molar-refractivity contribution is -0.141. The SMILES string of the molecule is C=C(CC(C)(C)N)C(=O)OCC(C)CC(C)(C)O. The van der Waals surface area contributed by atoms with Crippen LogP contribution in [0, 0.1) is 5.92 Å². The Bertz CT molecular complexity index is 297. The van der Waals surface area contributed by atoms with E-state index in [0.29, 0.717) is 18.4 Å². The van der Waals surface area contributed by atoms with Gasteiger partial charge >= 0.3 is 5.97 Å². The second-order valence-electron chi connectivity index (χ2n) is 6.49. The molecule has 0 spiro atoms. The molecule has 106 valence electrons. The van der Waals surface area contributed by atoms with Crippen molar-refractivity contribution >= 4 is 5.97 Å². The topological polar surface area (TPSA) is 72.6 Å². The van der Waals surface area contributed by atoms with Crippen molar-refractivity contribution in [1.29, 1.82) is 0 Å². The zero-order valence-electron chi connectivity index (χ0n) is 12.2. The maximum atomic E-state index is 11.7. The molecule has 1 atom stereocenters. The van der Waals surface area contributed by atoms with Crippen LogP contribution in [0.15, 0.2) is 12.2 Å². The van der Waals surface area contributed by atoms with E-state index in [9.17, 15) is 9.90 Å². The number of hydrogen-bond acceptors (Lipinski definition) is 4. The fraction of sp³-hybridized carbons (Fsp3) is 0.786. The van der Waals surface area contributed by atoms with Crippen LogP contribution in [0.25, 0.3) is 0 Å². The third-order valence-electron chi connectivity index (χ3n) is 2.30. The third-order valence-corrected chi connectivity index (χ3v) is 2.30. The molecule has 4 heteroatoms. The highest BCUT2D eigenvalue weighted by Gasteiger charge is 2.21. The van der Waals surface area contributed by atoms with Crippen LogP contribution in [-0.2, 0) is 9.53 Å². The van der Waals surface area contributed by atoms with Crippen LogP contribution in [0.4, 0.5) is 0 Å². The summed E-state index contributed by atoms with van der Waals surface area (Å²) >= 11 is 0. The number of hydrogen-bond donors (Lipinski definition) is 2. The van der Waals surface area contributed by atoms with Crippen molar-refractivity contribution in [2.75, 3.05) is 6.61 Å². The quantitative estimate of drug-likeness (QED) is 0.540. The third kappa shape index (κ3) is 9.19. The van der Waals surface area contributed by atoms with Gasteiger partial charge in [-0.1, -0.05) is 13.5 Å². The predicted octanol–water partition coefficient (Wildman–Crippen LogP) is 2.01. The van der Waals surface area contributed by atoms with E-state index < -0.39 is 17.1 Å². The van der Waals surface area contributed by atoms with E-state index in [2.05, 4.69) is 6.58 Å². The summed E-state index contributed by atoms with van der Waals surface area (Å²) in [5.74, 6) is -0.302. The Labute approximate surface area is 110 Å². The van der Waals surface area contributed by atoms with Crippen LogP contribution in [-0.4, -0.2) is 28.8 Å². The van der Waals surface area contributed by atoms with Crippen LogP contribution in [0.2, 0.25) is 0 Å². The Hall–Kier alpha value is -0.870. The Balaban J connectivity index is 4.08. The molecule has 0 aromatic heterocycles. The lowest BCUT2D eigenvalue weighted by Gasteiger charge is -2.23. The van der Waals surface area contributed by atoms with Gasteiger partial charge in [0.05, 0.1) is 12.2 Å². The van der Waals surface area contributed by atoms with Crippen molar-refractivity contribution in [3.8, 4) is 0 Å². The largest absolute Gasteiger partial charge is 0.462 e. The normalized spacial score (nSPS) is 14.2. The fourth-order valence-electron chi connectivity index (χ4n) is 1.85. The summed E-state index contributed by atoms with van der Waals surface area (Å²) in [4.78, 5) is 11.7. The van der Waals surface area contributed by atoms with Gasteiger partial charge in [0.1, 0.15) is 0 Å². The minimum Gasteiger partial charge on any atom is -0.462 e. The molecule has 0 rings (SSSR count). The van der Waals surface area contributed by atoms with Gasteiger partial charge in [-0.15, -0.1) is 0 Å². The summed E-state index contributed by atoms with van der Waals surface area (Å²) in [7, 11) is 0. The van der Waals surface area contributed by atoms with E-state index in [1.54, 1.807) is 13.8 Å². The smallest absolute Gasteiger partial charge is 0.333 e. The molecule has 1 unspecified atom stereocenters. The van der Waals surface area contributed by atoms with Crippen molar-refractivity contribution in [2.45, 2.75) is 58.6 Å².